The first-order chi connectivity index (χ1) is 13.3. The maximum absolute atomic E-state index is 2.48. The summed E-state index contributed by atoms with van der Waals surface area (Å²) in [5, 5.41) is 1.62. The molecule has 0 bridgehead atoms. The minimum absolute atomic E-state index is 0.590. The Morgan fingerprint density at radius 3 is 2.36 bits per heavy atom. The quantitative estimate of drug-likeness (QED) is 0.474. The number of benzene rings is 2. The molecule has 1 atom stereocenters. The van der Waals surface area contributed by atoms with Crippen LogP contribution >= 0.6 is 0 Å². The molecule has 0 radical (unpaired) electrons. The fourth-order valence-electron chi connectivity index (χ4n) is 4.88. The standard InChI is InChI=1S/C27H32Si/c1-19-16-23(21-10-7-6-8-11-21)18-22(19)14-15-24-20(2)17-26-25(24)12-9-13-27(26)28(3,4)5/h6-13,16-17,24H,14-15,18H2,1-5H3. The van der Waals surface area contributed by atoms with Gasteiger partial charge in [0.1, 0.15) is 0 Å². The van der Waals surface area contributed by atoms with Crippen molar-refractivity contribution in [2.75, 3.05) is 0 Å². The van der Waals surface area contributed by atoms with E-state index in [0.29, 0.717) is 5.92 Å². The molecule has 2 aromatic rings. The van der Waals surface area contributed by atoms with Gasteiger partial charge in [0.05, 0.1) is 8.07 Å². The third-order valence-electron chi connectivity index (χ3n) is 6.48. The number of allylic oxidation sites excluding steroid dienone is 5. The summed E-state index contributed by atoms with van der Waals surface area (Å²) in [5.41, 5.74) is 10.6. The Hall–Kier alpha value is -2.12. The van der Waals surface area contributed by atoms with E-state index in [1.165, 1.54) is 29.6 Å². The lowest BCUT2D eigenvalue weighted by atomic mass is 9.89. The molecule has 2 aromatic carbocycles. The maximum Gasteiger partial charge on any atom is 0.0783 e. The predicted octanol–water partition coefficient (Wildman–Crippen LogP) is 7.32. The number of hydrogen-bond acceptors (Lipinski definition) is 0. The van der Waals surface area contributed by atoms with E-state index in [2.05, 4.69) is 94.2 Å². The summed E-state index contributed by atoms with van der Waals surface area (Å²) in [6.07, 6.45) is 8.43. The van der Waals surface area contributed by atoms with Crippen molar-refractivity contribution in [2.24, 2.45) is 0 Å². The summed E-state index contributed by atoms with van der Waals surface area (Å²) in [6.45, 7) is 12.0. The maximum atomic E-state index is 2.48. The highest BCUT2D eigenvalue weighted by molar-refractivity contribution is 6.89. The molecule has 0 saturated heterocycles. The molecule has 0 spiro atoms. The summed E-state index contributed by atoms with van der Waals surface area (Å²) >= 11 is 0. The Morgan fingerprint density at radius 1 is 0.893 bits per heavy atom. The van der Waals surface area contributed by atoms with Gasteiger partial charge < -0.3 is 0 Å². The van der Waals surface area contributed by atoms with Gasteiger partial charge in [-0.3, -0.25) is 0 Å². The number of fused-ring (bicyclic) bond motifs is 1. The zero-order valence-electron chi connectivity index (χ0n) is 18.0. The van der Waals surface area contributed by atoms with Gasteiger partial charge in [0.2, 0.25) is 0 Å². The Balaban J connectivity index is 1.49. The average Bonchev–Trinajstić information content (AvgIpc) is 3.18. The van der Waals surface area contributed by atoms with Gasteiger partial charge in [-0.1, -0.05) is 102 Å². The molecule has 1 unspecified atom stereocenters. The molecule has 0 aliphatic heterocycles. The van der Waals surface area contributed by atoms with Crippen LogP contribution in [0, 0.1) is 0 Å². The monoisotopic (exact) mass is 384 g/mol. The van der Waals surface area contributed by atoms with Gasteiger partial charge in [-0.15, -0.1) is 0 Å². The van der Waals surface area contributed by atoms with E-state index in [1.54, 1.807) is 27.5 Å². The molecule has 0 N–H and O–H groups in total. The van der Waals surface area contributed by atoms with Crippen LogP contribution in [0.15, 0.2) is 71.3 Å². The molecule has 0 amide bonds. The third-order valence-corrected chi connectivity index (χ3v) is 8.53. The summed E-state index contributed by atoms with van der Waals surface area (Å²) < 4.78 is 0. The highest BCUT2D eigenvalue weighted by Gasteiger charge is 2.29. The van der Waals surface area contributed by atoms with E-state index < -0.39 is 8.07 Å². The van der Waals surface area contributed by atoms with Crippen molar-refractivity contribution in [2.45, 2.75) is 58.7 Å². The van der Waals surface area contributed by atoms with Crippen LogP contribution in [-0.2, 0) is 0 Å². The molecule has 4 rings (SSSR count). The second-order valence-electron chi connectivity index (χ2n) is 9.54. The Morgan fingerprint density at radius 2 is 1.64 bits per heavy atom. The molecule has 1 heteroatoms. The van der Waals surface area contributed by atoms with Crippen molar-refractivity contribution in [1.82, 2.24) is 0 Å². The zero-order valence-corrected chi connectivity index (χ0v) is 19.0. The molecule has 0 heterocycles. The lowest BCUT2D eigenvalue weighted by Crippen LogP contribution is -2.39. The van der Waals surface area contributed by atoms with Crippen molar-refractivity contribution in [3.05, 3.63) is 88.0 Å². The van der Waals surface area contributed by atoms with E-state index >= 15 is 0 Å². The lowest BCUT2D eigenvalue weighted by Gasteiger charge is -2.22. The van der Waals surface area contributed by atoms with Crippen molar-refractivity contribution < 1.29 is 0 Å². The van der Waals surface area contributed by atoms with Crippen LogP contribution in [0.3, 0.4) is 0 Å². The van der Waals surface area contributed by atoms with Gasteiger partial charge in [0, 0.05) is 5.92 Å². The number of rotatable bonds is 5. The van der Waals surface area contributed by atoms with Crippen molar-refractivity contribution in [1.29, 1.82) is 0 Å². The zero-order chi connectivity index (χ0) is 19.9. The third kappa shape index (κ3) is 3.60. The molecule has 0 nitrogen and oxygen atoms in total. The van der Waals surface area contributed by atoms with E-state index in [-0.39, 0.29) is 0 Å². The van der Waals surface area contributed by atoms with Crippen molar-refractivity contribution in [3.63, 3.8) is 0 Å². The van der Waals surface area contributed by atoms with Gasteiger partial charge in [-0.25, -0.2) is 0 Å². The summed E-state index contributed by atoms with van der Waals surface area (Å²) in [5.74, 6) is 0.590. The Labute approximate surface area is 171 Å². The first kappa shape index (κ1) is 19.2. The minimum atomic E-state index is -1.32. The van der Waals surface area contributed by atoms with Crippen LogP contribution < -0.4 is 5.19 Å². The van der Waals surface area contributed by atoms with E-state index in [0.717, 1.165) is 6.42 Å². The highest BCUT2D eigenvalue weighted by Crippen LogP contribution is 2.42. The van der Waals surface area contributed by atoms with Crippen LogP contribution in [0.1, 0.15) is 55.7 Å². The Bertz CT molecular complexity index is 981. The van der Waals surface area contributed by atoms with E-state index in [4.69, 9.17) is 0 Å². The predicted molar refractivity (Wildman–Crippen MR) is 127 cm³/mol. The first-order valence-electron chi connectivity index (χ1n) is 10.6. The Kier molecular flexibility index (Phi) is 5.05. The fraction of sp³-hybridized carbons (Fsp3) is 0.333. The van der Waals surface area contributed by atoms with E-state index in [1.807, 2.05) is 0 Å². The normalized spacial score (nSPS) is 19.0. The topological polar surface area (TPSA) is 0 Å². The molecule has 0 saturated carbocycles. The second kappa shape index (κ2) is 7.37. The smallest absolute Gasteiger partial charge is 0.0656 e. The van der Waals surface area contributed by atoms with Crippen LogP contribution in [0.5, 0.6) is 0 Å². The molecule has 2 aliphatic rings. The van der Waals surface area contributed by atoms with Crippen molar-refractivity contribution in [3.8, 4) is 0 Å². The molecular weight excluding hydrogens is 352 g/mol. The lowest BCUT2D eigenvalue weighted by molar-refractivity contribution is 0.703. The summed E-state index contributed by atoms with van der Waals surface area (Å²) in [4.78, 5) is 0. The molecule has 28 heavy (non-hydrogen) atoms. The van der Waals surface area contributed by atoms with Gasteiger partial charge in [-0.05, 0) is 55.4 Å². The van der Waals surface area contributed by atoms with E-state index in [9.17, 15) is 0 Å². The van der Waals surface area contributed by atoms with Gasteiger partial charge in [0.25, 0.3) is 0 Å². The van der Waals surface area contributed by atoms with Crippen LogP contribution in [0.2, 0.25) is 19.6 Å². The number of hydrogen-bond donors (Lipinski definition) is 0. The largest absolute Gasteiger partial charge is 0.0783 e. The molecule has 0 aromatic heterocycles. The summed E-state index contributed by atoms with van der Waals surface area (Å²) in [6, 6.07) is 17.9. The van der Waals surface area contributed by atoms with Crippen molar-refractivity contribution >= 4 is 24.9 Å². The molecule has 2 aliphatic carbocycles. The molecule has 144 valence electrons. The van der Waals surface area contributed by atoms with Crippen LogP contribution in [0.25, 0.3) is 11.6 Å². The second-order valence-corrected chi connectivity index (χ2v) is 14.6. The average molecular weight is 385 g/mol. The van der Waals surface area contributed by atoms with Crippen LogP contribution in [0.4, 0.5) is 0 Å². The first-order valence-corrected chi connectivity index (χ1v) is 14.1. The van der Waals surface area contributed by atoms with Crippen LogP contribution in [-0.4, -0.2) is 8.07 Å². The SMILES string of the molecule is CC1=Cc2c(cccc2[Si](C)(C)C)C1CCC1=C(C)C=C(c2ccccc2)C1. The fourth-order valence-corrected chi connectivity index (χ4v) is 6.50. The minimum Gasteiger partial charge on any atom is -0.0656 e. The van der Waals surface area contributed by atoms with Gasteiger partial charge >= 0.3 is 0 Å². The summed E-state index contributed by atoms with van der Waals surface area (Å²) in [7, 11) is -1.32. The molecular formula is C27H32Si. The van der Waals surface area contributed by atoms with Gasteiger partial charge in [0.15, 0.2) is 0 Å². The van der Waals surface area contributed by atoms with Gasteiger partial charge in [-0.2, -0.15) is 0 Å². The molecule has 0 fully saturated rings. The highest BCUT2D eigenvalue weighted by atomic mass is 28.3.